The summed E-state index contributed by atoms with van der Waals surface area (Å²) in [6.07, 6.45) is 84.1. The number of hydrogen-bond donors (Lipinski definition) is 3. The molecule has 0 aliphatic carbocycles. The number of allylic oxidation sites excluding steroid dienone is 3. The van der Waals surface area contributed by atoms with Gasteiger partial charge in [0.25, 0.3) is 0 Å². The smallest absolute Gasteiger partial charge is 0.305 e. The first-order chi connectivity index (χ1) is 38.0. The lowest BCUT2D eigenvalue weighted by atomic mass is 10.0. The Morgan fingerprint density at radius 1 is 0.351 bits per heavy atom. The summed E-state index contributed by atoms with van der Waals surface area (Å²) in [4.78, 5) is 24.5. The Hall–Kier alpha value is -1.66. The zero-order valence-electron chi connectivity index (χ0n) is 52.2. The van der Waals surface area contributed by atoms with Gasteiger partial charge in [0, 0.05) is 12.8 Å². The minimum atomic E-state index is -0.840. The first kappa shape index (κ1) is 75.3. The van der Waals surface area contributed by atoms with E-state index in [-0.39, 0.29) is 18.5 Å². The monoisotopic (exact) mass is 1080 g/mol. The van der Waals surface area contributed by atoms with E-state index in [1.807, 2.05) is 6.08 Å². The van der Waals surface area contributed by atoms with Crippen molar-refractivity contribution in [2.45, 2.75) is 405 Å². The Morgan fingerprint density at radius 3 is 0.922 bits per heavy atom. The molecule has 6 heteroatoms. The Kier molecular flexibility index (Phi) is 65.4. The molecule has 6 nitrogen and oxygen atoms in total. The number of hydrogen-bond acceptors (Lipinski definition) is 5. The summed E-state index contributed by atoms with van der Waals surface area (Å²) in [5.74, 6) is -0.0451. The fourth-order valence-electron chi connectivity index (χ4n) is 11.1. The topological polar surface area (TPSA) is 95.9 Å². The molecule has 0 fully saturated rings. The highest BCUT2D eigenvalue weighted by Crippen LogP contribution is 2.19. The summed E-state index contributed by atoms with van der Waals surface area (Å²) in [7, 11) is 0. The van der Waals surface area contributed by atoms with Crippen LogP contribution in [0.3, 0.4) is 0 Å². The Morgan fingerprint density at radius 2 is 0.610 bits per heavy atom. The summed E-state index contributed by atoms with van der Waals surface area (Å²) >= 11 is 0. The van der Waals surface area contributed by atoms with Gasteiger partial charge in [0.1, 0.15) is 0 Å². The zero-order chi connectivity index (χ0) is 55.7. The highest BCUT2D eigenvalue weighted by molar-refractivity contribution is 5.76. The Bertz CT molecular complexity index is 1200. The van der Waals surface area contributed by atoms with Gasteiger partial charge in [-0.1, -0.05) is 346 Å². The van der Waals surface area contributed by atoms with Gasteiger partial charge in [0.15, 0.2) is 0 Å². The van der Waals surface area contributed by atoms with Gasteiger partial charge in [0.2, 0.25) is 5.91 Å². The maximum Gasteiger partial charge on any atom is 0.305 e. The fraction of sp³-hybridized carbons (Fsp3) is 0.915. The highest BCUT2D eigenvalue weighted by Gasteiger charge is 2.18. The molecule has 456 valence electrons. The first-order valence-corrected chi connectivity index (χ1v) is 35.1. The van der Waals surface area contributed by atoms with Crippen LogP contribution < -0.4 is 5.32 Å². The van der Waals surface area contributed by atoms with Gasteiger partial charge in [-0.3, -0.25) is 9.59 Å². The van der Waals surface area contributed by atoms with Crippen LogP contribution in [0.15, 0.2) is 24.3 Å². The van der Waals surface area contributed by atoms with Crippen LogP contribution in [0.2, 0.25) is 0 Å². The van der Waals surface area contributed by atoms with E-state index in [4.69, 9.17) is 4.74 Å². The number of unbranched alkanes of at least 4 members (excludes halogenated alkanes) is 53. The van der Waals surface area contributed by atoms with Crippen LogP contribution in [0.5, 0.6) is 0 Å². The molecular weight excluding hydrogens is 947 g/mol. The summed E-state index contributed by atoms with van der Waals surface area (Å²) in [6.45, 7) is 4.92. The lowest BCUT2D eigenvalue weighted by Crippen LogP contribution is -2.45. The zero-order valence-corrected chi connectivity index (χ0v) is 52.2. The number of carbonyl (C=O) groups excluding carboxylic acids is 2. The molecule has 2 atom stereocenters. The quantitative estimate of drug-likeness (QED) is 0.0320. The number of aliphatic hydroxyl groups is 2. The number of aliphatic hydroxyl groups excluding tert-OH is 2. The van der Waals surface area contributed by atoms with E-state index in [9.17, 15) is 19.8 Å². The van der Waals surface area contributed by atoms with Gasteiger partial charge in [0.05, 0.1) is 25.4 Å². The molecule has 3 N–H and O–H groups in total. The minimum absolute atomic E-state index is 0.0176. The molecule has 0 aromatic carbocycles. The third kappa shape index (κ3) is 63.4. The van der Waals surface area contributed by atoms with E-state index in [2.05, 4.69) is 31.3 Å². The first-order valence-electron chi connectivity index (χ1n) is 35.1. The van der Waals surface area contributed by atoms with Crippen molar-refractivity contribution in [1.29, 1.82) is 0 Å². The number of amides is 1. The van der Waals surface area contributed by atoms with Gasteiger partial charge in [-0.05, 0) is 57.8 Å². The normalized spacial score (nSPS) is 12.6. The molecule has 0 saturated carbocycles. The summed E-state index contributed by atoms with van der Waals surface area (Å²) in [5.41, 5.74) is 0. The minimum Gasteiger partial charge on any atom is -0.466 e. The molecule has 2 unspecified atom stereocenters. The Balaban J connectivity index is 3.31. The van der Waals surface area contributed by atoms with Crippen LogP contribution in [0.4, 0.5) is 0 Å². The van der Waals surface area contributed by atoms with Crippen LogP contribution in [-0.4, -0.2) is 47.4 Å². The molecule has 0 saturated heterocycles. The molecule has 0 heterocycles. The van der Waals surface area contributed by atoms with Crippen molar-refractivity contribution in [2.75, 3.05) is 13.2 Å². The van der Waals surface area contributed by atoms with Crippen molar-refractivity contribution in [3.8, 4) is 0 Å². The standard InChI is InChI=1S/C71H137NO5/c1-3-5-7-9-11-13-15-17-18-34-38-41-45-49-53-57-61-65-71(76)77-66-62-58-54-50-46-42-39-36-33-31-29-27-25-23-21-19-20-22-24-26-28-30-32-35-37-40-44-48-52-56-60-64-70(75)72-68(67-73)69(74)63-59-55-51-47-43-16-14-12-10-8-6-4-2/h17-18,59,63,68-69,73-74H,3-16,19-58,60-62,64-67H2,1-2H3,(H,72,75)/b18-17-,63-59+. The SMILES string of the molecule is CCCCCCCC/C=C\CCCCCCCCCC(=O)OCCCCCCCCCCCCCCCCCCCCCCCCCCCCCCCCCC(=O)NC(CO)C(O)/C=C/CCCCCCCCCCCC. The van der Waals surface area contributed by atoms with Crippen molar-refractivity contribution in [3.05, 3.63) is 24.3 Å². The predicted octanol–water partition coefficient (Wildman–Crippen LogP) is 22.5. The van der Waals surface area contributed by atoms with E-state index < -0.39 is 12.1 Å². The number of rotatable bonds is 66. The lowest BCUT2D eigenvalue weighted by Gasteiger charge is -2.20. The van der Waals surface area contributed by atoms with E-state index in [0.29, 0.717) is 19.4 Å². The summed E-state index contributed by atoms with van der Waals surface area (Å²) in [6, 6.07) is -0.623. The number of carbonyl (C=O) groups is 2. The van der Waals surface area contributed by atoms with E-state index in [1.165, 1.54) is 321 Å². The van der Waals surface area contributed by atoms with Crippen molar-refractivity contribution >= 4 is 11.9 Å². The second-order valence-corrected chi connectivity index (χ2v) is 24.2. The molecular formula is C71H137NO5. The second-order valence-electron chi connectivity index (χ2n) is 24.2. The average Bonchev–Trinajstić information content (AvgIpc) is 3.43. The fourth-order valence-corrected chi connectivity index (χ4v) is 11.1. The van der Waals surface area contributed by atoms with Gasteiger partial charge < -0.3 is 20.3 Å². The highest BCUT2D eigenvalue weighted by atomic mass is 16.5. The third-order valence-electron chi connectivity index (χ3n) is 16.5. The van der Waals surface area contributed by atoms with Crippen molar-refractivity contribution in [1.82, 2.24) is 5.32 Å². The van der Waals surface area contributed by atoms with Crippen LogP contribution in [-0.2, 0) is 14.3 Å². The van der Waals surface area contributed by atoms with Gasteiger partial charge in [-0.2, -0.15) is 0 Å². The second kappa shape index (κ2) is 66.8. The van der Waals surface area contributed by atoms with E-state index in [0.717, 1.165) is 44.9 Å². The van der Waals surface area contributed by atoms with E-state index in [1.54, 1.807) is 6.08 Å². The van der Waals surface area contributed by atoms with Gasteiger partial charge >= 0.3 is 5.97 Å². The van der Waals surface area contributed by atoms with Crippen LogP contribution in [0, 0.1) is 0 Å². The maximum atomic E-state index is 12.5. The number of ether oxygens (including phenoxy) is 1. The largest absolute Gasteiger partial charge is 0.466 e. The molecule has 0 spiro atoms. The molecule has 0 bridgehead atoms. The van der Waals surface area contributed by atoms with Crippen LogP contribution in [0.1, 0.15) is 393 Å². The maximum absolute atomic E-state index is 12.5. The van der Waals surface area contributed by atoms with Crippen molar-refractivity contribution < 1.29 is 24.5 Å². The van der Waals surface area contributed by atoms with Crippen molar-refractivity contribution in [3.63, 3.8) is 0 Å². The molecule has 1 amide bonds. The summed E-state index contributed by atoms with van der Waals surface area (Å²) in [5, 5.41) is 23.1. The van der Waals surface area contributed by atoms with Gasteiger partial charge in [-0.15, -0.1) is 0 Å². The van der Waals surface area contributed by atoms with Crippen LogP contribution in [0.25, 0.3) is 0 Å². The molecule has 77 heavy (non-hydrogen) atoms. The lowest BCUT2D eigenvalue weighted by molar-refractivity contribution is -0.143. The summed E-state index contributed by atoms with van der Waals surface area (Å²) < 4.78 is 5.50. The molecule has 0 aromatic heterocycles. The van der Waals surface area contributed by atoms with Crippen molar-refractivity contribution in [2.24, 2.45) is 0 Å². The predicted molar refractivity (Wildman–Crippen MR) is 338 cm³/mol. The Labute approximate surface area is 481 Å². The molecule has 0 radical (unpaired) electrons. The van der Waals surface area contributed by atoms with Crippen LogP contribution >= 0.6 is 0 Å². The van der Waals surface area contributed by atoms with E-state index >= 15 is 0 Å². The molecule has 0 aliphatic rings. The van der Waals surface area contributed by atoms with Gasteiger partial charge in [-0.25, -0.2) is 0 Å². The number of nitrogens with one attached hydrogen (secondary N) is 1. The number of esters is 1. The molecule has 0 rings (SSSR count). The third-order valence-corrected chi connectivity index (χ3v) is 16.5. The molecule has 0 aromatic rings. The molecule has 0 aliphatic heterocycles. The average molecular weight is 1080 g/mol.